The predicted molar refractivity (Wildman–Crippen MR) is 75.0 cm³/mol. The Labute approximate surface area is 112 Å². The fourth-order valence-corrected chi connectivity index (χ4v) is 2.14. The minimum absolute atomic E-state index is 0.318. The zero-order chi connectivity index (χ0) is 13.0. The summed E-state index contributed by atoms with van der Waals surface area (Å²) < 4.78 is 5.09. The zero-order valence-corrected chi connectivity index (χ0v) is 11.1. The number of hydrogen-bond acceptors (Lipinski definition) is 3. The molecular weight excluding hydrogens is 248 g/mol. The van der Waals surface area contributed by atoms with Crippen LogP contribution in [-0.2, 0) is 4.79 Å². The molecule has 0 radical (unpaired) electrons. The minimum Gasteiger partial charge on any atom is -0.497 e. The molecule has 0 aromatic heterocycles. The number of rotatable bonds is 2. The molecule has 0 atom stereocenters. The van der Waals surface area contributed by atoms with Crippen molar-refractivity contribution in [3.63, 3.8) is 0 Å². The van der Waals surface area contributed by atoms with Gasteiger partial charge in [-0.1, -0.05) is 0 Å². The molecule has 96 valence electrons. The highest BCUT2D eigenvalue weighted by molar-refractivity contribution is 7.80. The first-order valence-electron chi connectivity index (χ1n) is 5.91. The van der Waals surface area contributed by atoms with Gasteiger partial charge in [0.25, 0.3) is 0 Å². The lowest BCUT2D eigenvalue weighted by atomic mass is 10.1. The van der Waals surface area contributed by atoms with Crippen LogP contribution in [0.4, 0.5) is 5.69 Å². The second-order valence-corrected chi connectivity index (χ2v) is 4.57. The molecule has 0 saturated carbocycles. The molecule has 18 heavy (non-hydrogen) atoms. The van der Waals surface area contributed by atoms with Crippen LogP contribution in [0, 0.1) is 0 Å². The van der Waals surface area contributed by atoms with Crippen LogP contribution in [0.2, 0.25) is 0 Å². The number of benzene rings is 1. The second-order valence-electron chi connectivity index (χ2n) is 4.18. The lowest BCUT2D eigenvalue weighted by molar-refractivity contribution is -0.120. The number of ether oxygens (including phenoxy) is 1. The first-order valence-corrected chi connectivity index (χ1v) is 6.31. The van der Waals surface area contributed by atoms with Gasteiger partial charge in [0.2, 0.25) is 0 Å². The molecule has 1 fully saturated rings. The van der Waals surface area contributed by atoms with Gasteiger partial charge < -0.3 is 15.0 Å². The van der Waals surface area contributed by atoms with Crippen molar-refractivity contribution in [3.8, 4) is 5.75 Å². The summed E-state index contributed by atoms with van der Waals surface area (Å²) in [5.41, 5.74) is 0.928. The number of carbonyl (C=O) groups excluding carboxylic acids is 1. The highest BCUT2D eigenvalue weighted by Crippen LogP contribution is 2.16. The van der Waals surface area contributed by atoms with Gasteiger partial charge in [-0.2, -0.15) is 0 Å². The summed E-state index contributed by atoms with van der Waals surface area (Å²) in [7, 11) is 1.64. The third-order valence-electron chi connectivity index (χ3n) is 2.95. The molecule has 1 N–H and O–H groups in total. The Kier molecular flexibility index (Phi) is 4.15. The minimum atomic E-state index is 0.318. The van der Waals surface area contributed by atoms with Gasteiger partial charge in [-0.25, -0.2) is 0 Å². The SMILES string of the molecule is COc1ccc(NC(=S)N2CCC(=O)CC2)cc1. The monoisotopic (exact) mass is 264 g/mol. The Balaban J connectivity index is 1.92. The van der Waals surface area contributed by atoms with E-state index in [9.17, 15) is 4.79 Å². The number of nitrogens with one attached hydrogen (secondary N) is 1. The summed E-state index contributed by atoms with van der Waals surface area (Å²) in [5.74, 6) is 1.13. The highest BCUT2D eigenvalue weighted by atomic mass is 32.1. The number of Topliss-reactive ketones (excluding diaryl/α,β-unsaturated/α-hetero) is 1. The number of methoxy groups -OCH3 is 1. The summed E-state index contributed by atoms with van der Waals surface area (Å²) in [5, 5.41) is 3.84. The number of hydrogen-bond donors (Lipinski definition) is 1. The maximum absolute atomic E-state index is 11.2. The summed E-state index contributed by atoms with van der Waals surface area (Å²) in [4.78, 5) is 13.2. The molecule has 1 heterocycles. The topological polar surface area (TPSA) is 41.6 Å². The molecule has 0 bridgehead atoms. The van der Waals surface area contributed by atoms with Gasteiger partial charge >= 0.3 is 0 Å². The number of ketones is 1. The van der Waals surface area contributed by atoms with Gasteiger partial charge in [-0.05, 0) is 36.5 Å². The standard InChI is InChI=1S/C13H16N2O2S/c1-17-12-4-2-10(3-5-12)14-13(18)15-8-6-11(16)7-9-15/h2-5H,6-9H2,1H3,(H,14,18). The third kappa shape index (κ3) is 3.20. The summed E-state index contributed by atoms with van der Waals surface area (Å²) in [6, 6.07) is 7.59. The van der Waals surface area contributed by atoms with Gasteiger partial charge in [-0.15, -0.1) is 0 Å². The second kappa shape index (κ2) is 5.82. The molecule has 1 aliphatic rings. The Morgan fingerprint density at radius 3 is 2.44 bits per heavy atom. The van der Waals surface area contributed by atoms with Crippen molar-refractivity contribution in [3.05, 3.63) is 24.3 Å². The third-order valence-corrected chi connectivity index (χ3v) is 3.31. The van der Waals surface area contributed by atoms with Gasteiger partial charge in [0.15, 0.2) is 5.11 Å². The Hall–Kier alpha value is -1.62. The molecule has 0 amide bonds. The molecule has 5 heteroatoms. The largest absolute Gasteiger partial charge is 0.497 e. The van der Waals surface area contributed by atoms with Gasteiger partial charge in [0, 0.05) is 31.6 Å². The number of thiocarbonyl (C=S) groups is 1. The number of likely N-dealkylation sites (tertiary alicyclic amines) is 1. The molecule has 4 nitrogen and oxygen atoms in total. The van der Waals surface area contributed by atoms with E-state index in [-0.39, 0.29) is 0 Å². The molecule has 0 spiro atoms. The van der Waals surface area contributed by atoms with Crippen molar-refractivity contribution in [2.24, 2.45) is 0 Å². The summed E-state index contributed by atoms with van der Waals surface area (Å²) in [6.07, 6.45) is 1.18. The van der Waals surface area contributed by atoms with Crippen LogP contribution in [0.3, 0.4) is 0 Å². The molecule has 1 aromatic rings. The van der Waals surface area contributed by atoms with Gasteiger partial charge in [0.1, 0.15) is 11.5 Å². The van der Waals surface area contributed by atoms with E-state index in [1.807, 2.05) is 29.2 Å². The molecule has 2 rings (SSSR count). The molecular formula is C13H16N2O2S. The molecule has 1 aromatic carbocycles. The van der Waals surface area contributed by atoms with Crippen molar-refractivity contribution in [2.45, 2.75) is 12.8 Å². The van der Waals surface area contributed by atoms with Gasteiger partial charge in [-0.3, -0.25) is 4.79 Å². The van der Waals surface area contributed by atoms with Crippen LogP contribution >= 0.6 is 12.2 Å². The Morgan fingerprint density at radius 1 is 1.28 bits per heavy atom. The van der Waals surface area contributed by atoms with Gasteiger partial charge in [0.05, 0.1) is 7.11 Å². The normalized spacial score (nSPS) is 15.4. The van der Waals surface area contributed by atoms with Crippen LogP contribution < -0.4 is 10.1 Å². The van der Waals surface area contributed by atoms with E-state index < -0.39 is 0 Å². The Bertz CT molecular complexity index is 435. The number of nitrogens with zero attached hydrogens (tertiary/aromatic N) is 1. The van der Waals surface area contributed by atoms with E-state index >= 15 is 0 Å². The lowest BCUT2D eigenvalue weighted by Crippen LogP contribution is -2.40. The van der Waals surface area contributed by atoms with Crippen LogP contribution in [0.1, 0.15) is 12.8 Å². The smallest absolute Gasteiger partial charge is 0.173 e. The van der Waals surface area contributed by atoms with Crippen LogP contribution in [0.5, 0.6) is 5.75 Å². The number of anilines is 1. The molecule has 1 saturated heterocycles. The zero-order valence-electron chi connectivity index (χ0n) is 10.3. The van der Waals surface area contributed by atoms with E-state index in [1.165, 1.54) is 0 Å². The quantitative estimate of drug-likeness (QED) is 0.828. The Morgan fingerprint density at radius 2 is 1.89 bits per heavy atom. The van der Waals surface area contributed by atoms with Crippen molar-refractivity contribution >= 4 is 28.8 Å². The van der Waals surface area contributed by atoms with E-state index in [0.717, 1.165) is 11.4 Å². The van der Waals surface area contributed by atoms with E-state index in [2.05, 4.69) is 5.32 Å². The maximum Gasteiger partial charge on any atom is 0.173 e. The summed E-state index contributed by atoms with van der Waals surface area (Å²) >= 11 is 5.33. The molecule has 1 aliphatic heterocycles. The maximum atomic E-state index is 11.2. The van der Waals surface area contributed by atoms with Crippen LogP contribution in [0.25, 0.3) is 0 Å². The van der Waals surface area contributed by atoms with Crippen LogP contribution in [0.15, 0.2) is 24.3 Å². The predicted octanol–water partition coefficient (Wildman–Crippen LogP) is 2.06. The first kappa shape index (κ1) is 12.8. The lowest BCUT2D eigenvalue weighted by Gasteiger charge is -2.28. The van der Waals surface area contributed by atoms with Crippen molar-refractivity contribution in [2.75, 3.05) is 25.5 Å². The average molecular weight is 264 g/mol. The van der Waals surface area contributed by atoms with E-state index in [1.54, 1.807) is 7.11 Å². The van der Waals surface area contributed by atoms with E-state index in [4.69, 9.17) is 17.0 Å². The average Bonchev–Trinajstić information content (AvgIpc) is 2.40. The van der Waals surface area contributed by atoms with Crippen molar-refractivity contribution in [1.29, 1.82) is 0 Å². The van der Waals surface area contributed by atoms with E-state index in [0.29, 0.717) is 36.8 Å². The molecule has 0 aliphatic carbocycles. The fraction of sp³-hybridized carbons (Fsp3) is 0.385. The highest BCUT2D eigenvalue weighted by Gasteiger charge is 2.18. The van der Waals surface area contributed by atoms with Crippen molar-refractivity contribution < 1.29 is 9.53 Å². The number of piperidine rings is 1. The van der Waals surface area contributed by atoms with Crippen LogP contribution in [-0.4, -0.2) is 36.0 Å². The molecule has 0 unspecified atom stereocenters. The summed E-state index contributed by atoms with van der Waals surface area (Å²) in [6.45, 7) is 1.42. The van der Waals surface area contributed by atoms with Crippen molar-refractivity contribution in [1.82, 2.24) is 4.90 Å². The first-order chi connectivity index (χ1) is 8.69. The number of carbonyl (C=O) groups is 1. The fourth-order valence-electron chi connectivity index (χ4n) is 1.84.